The van der Waals surface area contributed by atoms with Crippen LogP contribution in [0.15, 0.2) is 30.3 Å². The Morgan fingerprint density at radius 3 is 2.44 bits per heavy atom. The first-order chi connectivity index (χ1) is 7.52. The molecule has 0 heterocycles. The largest absolute Gasteiger partial charge is 0.322 e. The number of ketones is 1. The molecular weight excluding hydrogens is 208 g/mol. The van der Waals surface area contributed by atoms with Crippen LogP contribution in [0.1, 0.15) is 23.7 Å². The molecule has 0 radical (unpaired) electrons. The monoisotopic (exact) mass is 222 g/mol. The summed E-state index contributed by atoms with van der Waals surface area (Å²) in [5, 5.41) is 10.7. The molecule has 0 aliphatic rings. The summed E-state index contributed by atoms with van der Waals surface area (Å²) < 4.78 is 0. The number of nitrogens with two attached hydrogens (primary N) is 1. The van der Waals surface area contributed by atoms with Gasteiger partial charge in [0.2, 0.25) is 6.04 Å². The SMILES string of the molecule is CC(N)C(CC(=O)c1ccccc1)[N+](=O)[O-]. The molecule has 0 spiro atoms. The van der Waals surface area contributed by atoms with Crippen LogP contribution in [0, 0.1) is 10.1 Å². The fourth-order valence-electron chi connectivity index (χ4n) is 1.38. The van der Waals surface area contributed by atoms with Crippen molar-refractivity contribution >= 4 is 5.78 Å². The molecule has 0 saturated carbocycles. The van der Waals surface area contributed by atoms with Gasteiger partial charge in [-0.05, 0) is 6.92 Å². The highest BCUT2D eigenvalue weighted by atomic mass is 16.6. The van der Waals surface area contributed by atoms with Crippen LogP contribution in [0.3, 0.4) is 0 Å². The lowest BCUT2D eigenvalue weighted by atomic mass is 10.0. The number of Topliss-reactive ketones (excluding diaryl/α,β-unsaturated/α-hetero) is 1. The molecule has 5 nitrogen and oxygen atoms in total. The highest BCUT2D eigenvalue weighted by Gasteiger charge is 2.28. The zero-order chi connectivity index (χ0) is 12.1. The predicted molar refractivity (Wildman–Crippen MR) is 59.8 cm³/mol. The molecule has 0 bridgehead atoms. The van der Waals surface area contributed by atoms with Crippen LogP contribution >= 0.6 is 0 Å². The first-order valence-corrected chi connectivity index (χ1v) is 4.99. The summed E-state index contributed by atoms with van der Waals surface area (Å²) in [6.07, 6.45) is -0.158. The number of nitrogens with zero attached hydrogens (tertiary/aromatic N) is 1. The third-order valence-electron chi connectivity index (χ3n) is 2.37. The Morgan fingerprint density at radius 2 is 2.00 bits per heavy atom. The minimum atomic E-state index is -1.02. The van der Waals surface area contributed by atoms with Crippen LogP contribution in [0.4, 0.5) is 0 Å². The number of carbonyl (C=O) groups excluding carboxylic acids is 1. The molecule has 2 N–H and O–H groups in total. The molecular formula is C11H14N2O3. The first-order valence-electron chi connectivity index (χ1n) is 4.99. The Morgan fingerprint density at radius 1 is 1.44 bits per heavy atom. The minimum Gasteiger partial charge on any atom is -0.322 e. The number of hydrogen-bond donors (Lipinski definition) is 1. The van der Waals surface area contributed by atoms with Gasteiger partial charge in [0, 0.05) is 10.5 Å². The maximum absolute atomic E-state index is 11.7. The summed E-state index contributed by atoms with van der Waals surface area (Å²) in [6.45, 7) is 1.53. The lowest BCUT2D eigenvalue weighted by Crippen LogP contribution is -2.39. The van der Waals surface area contributed by atoms with Crippen molar-refractivity contribution in [2.45, 2.75) is 25.4 Å². The number of carbonyl (C=O) groups is 1. The fourth-order valence-corrected chi connectivity index (χ4v) is 1.38. The van der Waals surface area contributed by atoms with E-state index in [1.807, 2.05) is 0 Å². The molecule has 1 rings (SSSR count). The maximum Gasteiger partial charge on any atom is 0.234 e. The van der Waals surface area contributed by atoms with Crippen molar-refractivity contribution in [3.05, 3.63) is 46.0 Å². The molecule has 5 heteroatoms. The Labute approximate surface area is 93.4 Å². The van der Waals surface area contributed by atoms with Gasteiger partial charge >= 0.3 is 0 Å². The molecule has 0 fully saturated rings. The summed E-state index contributed by atoms with van der Waals surface area (Å²) in [5.74, 6) is -0.250. The normalized spacial score (nSPS) is 14.1. The van der Waals surface area contributed by atoms with Crippen LogP contribution in [0.2, 0.25) is 0 Å². The van der Waals surface area contributed by atoms with E-state index >= 15 is 0 Å². The molecule has 0 aromatic heterocycles. The lowest BCUT2D eigenvalue weighted by Gasteiger charge is -2.11. The first kappa shape index (κ1) is 12.3. The lowest BCUT2D eigenvalue weighted by molar-refractivity contribution is -0.523. The Kier molecular flexibility index (Phi) is 4.13. The van der Waals surface area contributed by atoms with Gasteiger partial charge < -0.3 is 5.73 Å². The second-order valence-electron chi connectivity index (χ2n) is 3.71. The van der Waals surface area contributed by atoms with Gasteiger partial charge in [-0.25, -0.2) is 0 Å². The van der Waals surface area contributed by atoms with E-state index in [1.165, 1.54) is 6.92 Å². The molecule has 0 aliphatic heterocycles. The third-order valence-corrected chi connectivity index (χ3v) is 2.37. The topological polar surface area (TPSA) is 86.2 Å². The van der Waals surface area contributed by atoms with Gasteiger partial charge in [0.05, 0.1) is 12.5 Å². The summed E-state index contributed by atoms with van der Waals surface area (Å²) in [5.41, 5.74) is 5.95. The van der Waals surface area contributed by atoms with Gasteiger partial charge in [-0.2, -0.15) is 0 Å². The Bertz CT molecular complexity index is 376. The molecule has 0 aliphatic carbocycles. The van der Waals surface area contributed by atoms with Crippen molar-refractivity contribution in [3.63, 3.8) is 0 Å². The maximum atomic E-state index is 11.7. The van der Waals surface area contributed by atoms with Crippen molar-refractivity contribution in [3.8, 4) is 0 Å². The highest BCUT2D eigenvalue weighted by molar-refractivity contribution is 5.96. The zero-order valence-electron chi connectivity index (χ0n) is 9.00. The summed E-state index contributed by atoms with van der Waals surface area (Å²) in [6, 6.07) is 6.85. The van der Waals surface area contributed by atoms with Crippen molar-refractivity contribution in [2.24, 2.45) is 5.73 Å². The van der Waals surface area contributed by atoms with Gasteiger partial charge in [-0.3, -0.25) is 14.9 Å². The summed E-state index contributed by atoms with van der Waals surface area (Å²) in [4.78, 5) is 21.9. The Hall–Kier alpha value is -1.75. The molecule has 2 atom stereocenters. The number of rotatable bonds is 5. The second kappa shape index (κ2) is 5.37. The summed E-state index contributed by atoms with van der Waals surface area (Å²) in [7, 11) is 0. The molecule has 2 unspecified atom stereocenters. The minimum absolute atomic E-state index is 0.158. The quantitative estimate of drug-likeness (QED) is 0.461. The van der Waals surface area contributed by atoms with E-state index < -0.39 is 17.0 Å². The third kappa shape index (κ3) is 3.13. The molecule has 0 amide bonds. The zero-order valence-corrected chi connectivity index (χ0v) is 9.00. The highest BCUT2D eigenvalue weighted by Crippen LogP contribution is 2.09. The van der Waals surface area contributed by atoms with Crippen LogP contribution < -0.4 is 5.73 Å². The van der Waals surface area contributed by atoms with E-state index in [4.69, 9.17) is 5.73 Å². The van der Waals surface area contributed by atoms with E-state index in [1.54, 1.807) is 30.3 Å². The number of benzene rings is 1. The van der Waals surface area contributed by atoms with Gasteiger partial charge in [0.25, 0.3) is 0 Å². The second-order valence-corrected chi connectivity index (χ2v) is 3.71. The van der Waals surface area contributed by atoms with Gasteiger partial charge in [0.15, 0.2) is 5.78 Å². The predicted octanol–water partition coefficient (Wildman–Crippen LogP) is 1.25. The smallest absolute Gasteiger partial charge is 0.234 e. The van der Waals surface area contributed by atoms with E-state index in [9.17, 15) is 14.9 Å². The molecule has 86 valence electrons. The average molecular weight is 222 g/mol. The van der Waals surface area contributed by atoms with E-state index in [0.717, 1.165) is 0 Å². The van der Waals surface area contributed by atoms with Gasteiger partial charge in [0.1, 0.15) is 0 Å². The summed E-state index contributed by atoms with van der Waals surface area (Å²) >= 11 is 0. The van der Waals surface area contributed by atoms with Crippen molar-refractivity contribution in [1.29, 1.82) is 0 Å². The number of hydrogen-bond acceptors (Lipinski definition) is 4. The van der Waals surface area contributed by atoms with Crippen LogP contribution in [0.25, 0.3) is 0 Å². The van der Waals surface area contributed by atoms with Crippen molar-refractivity contribution in [2.75, 3.05) is 0 Å². The van der Waals surface area contributed by atoms with Gasteiger partial charge in [-0.15, -0.1) is 0 Å². The average Bonchev–Trinajstić information content (AvgIpc) is 2.25. The van der Waals surface area contributed by atoms with E-state index in [-0.39, 0.29) is 12.2 Å². The van der Waals surface area contributed by atoms with Crippen LogP contribution in [-0.2, 0) is 0 Å². The Balaban J connectivity index is 2.74. The van der Waals surface area contributed by atoms with Crippen molar-refractivity contribution in [1.82, 2.24) is 0 Å². The van der Waals surface area contributed by atoms with Crippen LogP contribution in [0.5, 0.6) is 0 Å². The molecule has 1 aromatic rings. The molecule has 0 saturated heterocycles. The number of nitro groups is 1. The molecule has 16 heavy (non-hydrogen) atoms. The van der Waals surface area contributed by atoms with Gasteiger partial charge in [-0.1, -0.05) is 30.3 Å². The molecule has 1 aromatic carbocycles. The fraction of sp³-hybridized carbons (Fsp3) is 0.364. The standard InChI is InChI=1S/C11H14N2O3/c1-8(12)10(13(15)16)7-11(14)9-5-3-2-4-6-9/h2-6,8,10H,7,12H2,1H3. The van der Waals surface area contributed by atoms with E-state index in [2.05, 4.69) is 0 Å². The van der Waals surface area contributed by atoms with Crippen molar-refractivity contribution < 1.29 is 9.72 Å². The van der Waals surface area contributed by atoms with Crippen LogP contribution in [-0.4, -0.2) is 22.8 Å². The van der Waals surface area contributed by atoms with E-state index in [0.29, 0.717) is 5.56 Å².